The van der Waals surface area contributed by atoms with Crippen LogP contribution in [-0.4, -0.2) is 26.8 Å². The van der Waals surface area contributed by atoms with Gasteiger partial charge >= 0.3 is 5.97 Å². The Morgan fingerprint density at radius 3 is 2.85 bits per heavy atom. The number of furan rings is 1. The molecule has 2 N–H and O–H groups in total. The number of hydrogen-bond acceptors (Lipinski definition) is 4. The van der Waals surface area contributed by atoms with Gasteiger partial charge in [0.25, 0.3) is 0 Å². The largest absolute Gasteiger partial charge is 0.475 e. The van der Waals surface area contributed by atoms with E-state index in [1.54, 1.807) is 10.9 Å². The van der Waals surface area contributed by atoms with Gasteiger partial charge in [0.15, 0.2) is 0 Å². The van der Waals surface area contributed by atoms with Gasteiger partial charge in [-0.1, -0.05) is 11.6 Å². The van der Waals surface area contributed by atoms with Crippen LogP contribution in [0.15, 0.2) is 28.9 Å². The topological polar surface area (TPSA) is 97.4 Å². The van der Waals surface area contributed by atoms with E-state index in [9.17, 15) is 9.59 Å². The number of hydrogen-bond donors (Lipinski definition) is 2. The zero-order chi connectivity index (χ0) is 14.5. The highest BCUT2D eigenvalue weighted by Crippen LogP contribution is 2.08. The highest BCUT2D eigenvalue weighted by molar-refractivity contribution is 6.30. The number of aryl methyl sites for hydroxylation is 1. The predicted octanol–water partition coefficient (Wildman–Crippen LogP) is 1.53. The fourth-order valence-corrected chi connectivity index (χ4v) is 1.69. The number of carbonyl (C=O) groups is 2. The first-order valence-electron chi connectivity index (χ1n) is 5.81. The van der Waals surface area contributed by atoms with Gasteiger partial charge in [0.05, 0.1) is 17.8 Å². The number of amides is 1. The molecule has 1 amide bonds. The minimum absolute atomic E-state index is 0.145. The number of carboxylic acid groups (broad SMARTS) is 1. The number of nitrogens with zero attached hydrogens (tertiary/aromatic N) is 2. The number of halogens is 1. The highest BCUT2D eigenvalue weighted by Gasteiger charge is 2.09. The van der Waals surface area contributed by atoms with Gasteiger partial charge in [-0.3, -0.25) is 9.48 Å². The second-order valence-electron chi connectivity index (χ2n) is 4.02. The van der Waals surface area contributed by atoms with Crippen LogP contribution >= 0.6 is 11.6 Å². The molecular formula is C12H12ClN3O4. The van der Waals surface area contributed by atoms with Gasteiger partial charge in [0.1, 0.15) is 5.76 Å². The van der Waals surface area contributed by atoms with Crippen molar-refractivity contribution in [2.45, 2.75) is 19.5 Å². The summed E-state index contributed by atoms with van der Waals surface area (Å²) in [5.74, 6) is -1.10. The summed E-state index contributed by atoms with van der Waals surface area (Å²) in [6.07, 6.45) is 3.36. The van der Waals surface area contributed by atoms with Gasteiger partial charge in [-0.2, -0.15) is 5.10 Å². The zero-order valence-electron chi connectivity index (χ0n) is 10.4. The molecule has 2 heterocycles. The van der Waals surface area contributed by atoms with Gasteiger partial charge < -0.3 is 14.8 Å². The summed E-state index contributed by atoms with van der Waals surface area (Å²) in [4.78, 5) is 22.2. The van der Waals surface area contributed by atoms with Crippen molar-refractivity contribution in [1.29, 1.82) is 0 Å². The monoisotopic (exact) mass is 297 g/mol. The molecule has 0 aliphatic carbocycles. The molecule has 0 aliphatic heterocycles. The molecular weight excluding hydrogens is 286 g/mol. The molecule has 0 radical (unpaired) electrons. The molecule has 0 aromatic carbocycles. The average molecular weight is 298 g/mol. The molecule has 7 nitrogen and oxygen atoms in total. The molecule has 2 aromatic rings. The lowest BCUT2D eigenvalue weighted by Crippen LogP contribution is -2.23. The number of aromatic carboxylic acids is 1. The van der Waals surface area contributed by atoms with E-state index in [2.05, 4.69) is 10.4 Å². The molecule has 0 spiro atoms. The van der Waals surface area contributed by atoms with E-state index in [1.165, 1.54) is 18.3 Å². The third-order valence-corrected chi connectivity index (χ3v) is 2.70. The smallest absolute Gasteiger partial charge is 0.371 e. The molecule has 0 aliphatic rings. The van der Waals surface area contributed by atoms with Crippen molar-refractivity contribution in [3.05, 3.63) is 41.1 Å². The molecule has 0 atom stereocenters. The van der Waals surface area contributed by atoms with Crippen LogP contribution in [0.5, 0.6) is 0 Å². The van der Waals surface area contributed by atoms with E-state index in [4.69, 9.17) is 21.1 Å². The normalized spacial score (nSPS) is 10.4. The van der Waals surface area contributed by atoms with Crippen LogP contribution in [0.3, 0.4) is 0 Å². The molecule has 0 fully saturated rings. The molecule has 0 saturated carbocycles. The predicted molar refractivity (Wildman–Crippen MR) is 69.4 cm³/mol. The third kappa shape index (κ3) is 3.86. The van der Waals surface area contributed by atoms with Crippen molar-refractivity contribution >= 4 is 23.5 Å². The summed E-state index contributed by atoms with van der Waals surface area (Å²) in [7, 11) is 0. The number of carboxylic acids is 1. The second-order valence-corrected chi connectivity index (χ2v) is 4.46. The van der Waals surface area contributed by atoms with Gasteiger partial charge in [-0.15, -0.1) is 0 Å². The van der Waals surface area contributed by atoms with Crippen molar-refractivity contribution in [3.8, 4) is 0 Å². The van der Waals surface area contributed by atoms with Crippen molar-refractivity contribution in [2.75, 3.05) is 0 Å². The Kier molecular flexibility index (Phi) is 4.41. The zero-order valence-corrected chi connectivity index (χ0v) is 11.1. The Labute approximate surface area is 119 Å². The quantitative estimate of drug-likeness (QED) is 0.843. The SMILES string of the molecule is O=C(CCn1cc(Cl)cn1)NCc1ccc(C(=O)O)o1. The van der Waals surface area contributed by atoms with Gasteiger partial charge in [-0.05, 0) is 12.1 Å². The van der Waals surface area contributed by atoms with E-state index >= 15 is 0 Å². The molecule has 0 bridgehead atoms. The number of aromatic nitrogens is 2. The first-order valence-corrected chi connectivity index (χ1v) is 6.19. The van der Waals surface area contributed by atoms with E-state index in [1.807, 2.05) is 0 Å². The molecule has 0 saturated heterocycles. The first kappa shape index (κ1) is 14.1. The standard InChI is InChI=1S/C12H12ClN3O4/c13-8-5-15-16(7-8)4-3-11(17)14-6-9-1-2-10(20-9)12(18)19/h1-2,5,7H,3-4,6H2,(H,14,17)(H,18,19). The van der Waals surface area contributed by atoms with Gasteiger partial charge in [-0.25, -0.2) is 4.79 Å². The van der Waals surface area contributed by atoms with Gasteiger partial charge in [0.2, 0.25) is 11.7 Å². The Bertz CT molecular complexity index is 620. The lowest BCUT2D eigenvalue weighted by molar-refractivity contribution is -0.121. The summed E-state index contributed by atoms with van der Waals surface area (Å²) < 4.78 is 6.58. The van der Waals surface area contributed by atoms with Crippen LogP contribution in [0, 0.1) is 0 Å². The molecule has 2 aromatic heterocycles. The van der Waals surface area contributed by atoms with Crippen molar-refractivity contribution in [3.63, 3.8) is 0 Å². The van der Waals surface area contributed by atoms with E-state index in [0.29, 0.717) is 17.3 Å². The minimum atomic E-state index is -1.14. The maximum atomic E-state index is 11.6. The average Bonchev–Trinajstić information content (AvgIpc) is 3.03. The van der Waals surface area contributed by atoms with Crippen LogP contribution in [0.4, 0.5) is 0 Å². The minimum Gasteiger partial charge on any atom is -0.475 e. The number of nitrogens with one attached hydrogen (secondary N) is 1. The Hall–Kier alpha value is -2.28. The van der Waals surface area contributed by atoms with Crippen molar-refractivity contribution < 1.29 is 19.1 Å². The number of carbonyl (C=O) groups excluding carboxylic acids is 1. The van der Waals surface area contributed by atoms with Crippen LogP contribution in [0.2, 0.25) is 5.02 Å². The summed E-state index contributed by atoms with van der Waals surface area (Å²) in [5.41, 5.74) is 0. The lowest BCUT2D eigenvalue weighted by Gasteiger charge is -2.03. The molecule has 0 unspecified atom stereocenters. The van der Waals surface area contributed by atoms with Crippen LogP contribution in [0.1, 0.15) is 22.7 Å². The van der Waals surface area contributed by atoms with E-state index in [-0.39, 0.29) is 24.6 Å². The van der Waals surface area contributed by atoms with E-state index in [0.717, 1.165) is 0 Å². The fraction of sp³-hybridized carbons (Fsp3) is 0.250. The second kappa shape index (κ2) is 6.25. The highest BCUT2D eigenvalue weighted by atomic mass is 35.5. The molecule has 8 heteroatoms. The number of rotatable bonds is 6. The summed E-state index contributed by atoms with van der Waals surface area (Å²) in [6.45, 7) is 0.559. The van der Waals surface area contributed by atoms with Crippen LogP contribution in [-0.2, 0) is 17.9 Å². The fourth-order valence-electron chi connectivity index (χ4n) is 1.54. The Balaban J connectivity index is 1.75. The lowest BCUT2D eigenvalue weighted by atomic mass is 10.3. The van der Waals surface area contributed by atoms with Crippen molar-refractivity contribution in [1.82, 2.24) is 15.1 Å². The molecule has 106 valence electrons. The van der Waals surface area contributed by atoms with Crippen LogP contribution in [0.25, 0.3) is 0 Å². The maximum absolute atomic E-state index is 11.6. The molecule has 20 heavy (non-hydrogen) atoms. The summed E-state index contributed by atoms with van der Waals surface area (Å²) in [6, 6.07) is 2.85. The third-order valence-electron chi connectivity index (χ3n) is 2.50. The summed E-state index contributed by atoms with van der Waals surface area (Å²) >= 11 is 5.70. The first-order chi connectivity index (χ1) is 9.54. The Morgan fingerprint density at radius 1 is 1.45 bits per heavy atom. The maximum Gasteiger partial charge on any atom is 0.371 e. The van der Waals surface area contributed by atoms with Gasteiger partial charge in [0, 0.05) is 19.2 Å². The van der Waals surface area contributed by atoms with Crippen molar-refractivity contribution in [2.24, 2.45) is 0 Å². The molecule has 2 rings (SSSR count). The van der Waals surface area contributed by atoms with Crippen LogP contribution < -0.4 is 5.32 Å². The summed E-state index contributed by atoms with van der Waals surface area (Å²) in [5, 5.41) is 15.8. The Morgan fingerprint density at radius 2 is 2.25 bits per heavy atom. The van der Waals surface area contributed by atoms with E-state index < -0.39 is 5.97 Å².